The summed E-state index contributed by atoms with van der Waals surface area (Å²) in [6.45, 7) is 3.77. The van der Waals surface area contributed by atoms with Crippen molar-refractivity contribution in [2.24, 2.45) is 0 Å². The number of hydrogen-bond acceptors (Lipinski definition) is 2. The van der Waals surface area contributed by atoms with Gasteiger partial charge in [-0.05, 0) is 31.3 Å². The predicted octanol–water partition coefficient (Wildman–Crippen LogP) is 2.12. The molecule has 80 valence electrons. The molecule has 3 heteroatoms. The van der Waals surface area contributed by atoms with Crippen molar-refractivity contribution < 1.29 is 9.13 Å². The highest BCUT2D eigenvalue weighted by atomic mass is 19.1. The van der Waals surface area contributed by atoms with E-state index >= 15 is 0 Å². The van der Waals surface area contributed by atoms with E-state index in [1.54, 1.807) is 0 Å². The predicted molar refractivity (Wildman–Crippen MR) is 53.9 cm³/mol. The topological polar surface area (TPSA) is 12.5 Å². The third-order valence-corrected chi connectivity index (χ3v) is 3.06. The van der Waals surface area contributed by atoms with E-state index < -0.39 is 0 Å². The van der Waals surface area contributed by atoms with Crippen LogP contribution in [-0.2, 0) is 4.74 Å². The zero-order chi connectivity index (χ0) is 9.80. The normalized spacial score (nSPS) is 24.2. The fourth-order valence-corrected chi connectivity index (χ4v) is 2.14. The lowest BCUT2D eigenvalue weighted by Crippen LogP contribution is -2.37. The highest BCUT2D eigenvalue weighted by Gasteiger charge is 2.16. The van der Waals surface area contributed by atoms with Gasteiger partial charge in [-0.15, -0.1) is 0 Å². The first-order valence-electron chi connectivity index (χ1n) is 5.53. The number of rotatable bonds is 2. The number of hydrogen-bond donors (Lipinski definition) is 0. The molecule has 1 aliphatic heterocycles. The molecule has 0 aromatic rings. The minimum atomic E-state index is 0.129. The molecule has 0 aromatic carbocycles. The van der Waals surface area contributed by atoms with Gasteiger partial charge in [-0.25, -0.2) is 4.39 Å². The largest absolute Gasteiger partial charge is 0.379 e. The number of nitrogens with zero attached hydrogens (tertiary/aromatic N) is 1. The van der Waals surface area contributed by atoms with Crippen LogP contribution in [0.2, 0.25) is 0 Å². The van der Waals surface area contributed by atoms with Crippen LogP contribution >= 0.6 is 0 Å². The maximum absolute atomic E-state index is 13.7. The van der Waals surface area contributed by atoms with Gasteiger partial charge >= 0.3 is 0 Å². The third kappa shape index (κ3) is 2.55. The highest BCUT2D eigenvalue weighted by Crippen LogP contribution is 2.27. The van der Waals surface area contributed by atoms with E-state index in [0.717, 1.165) is 44.7 Å². The summed E-state index contributed by atoms with van der Waals surface area (Å²) in [6, 6.07) is 0. The van der Waals surface area contributed by atoms with Gasteiger partial charge in [0.2, 0.25) is 0 Å². The van der Waals surface area contributed by atoms with Crippen LogP contribution in [0.3, 0.4) is 0 Å². The van der Waals surface area contributed by atoms with Crippen LogP contribution in [0.5, 0.6) is 0 Å². The molecule has 0 radical (unpaired) electrons. The van der Waals surface area contributed by atoms with Gasteiger partial charge in [-0.2, -0.15) is 0 Å². The second-order valence-electron chi connectivity index (χ2n) is 4.10. The molecule has 2 fully saturated rings. The Kier molecular flexibility index (Phi) is 3.54. The van der Waals surface area contributed by atoms with E-state index in [2.05, 4.69) is 4.90 Å². The summed E-state index contributed by atoms with van der Waals surface area (Å²) in [5.74, 6) is 0.129. The highest BCUT2D eigenvalue weighted by molar-refractivity contribution is 5.12. The number of halogens is 1. The summed E-state index contributed by atoms with van der Waals surface area (Å²) in [5.41, 5.74) is 1.07. The molecule has 14 heavy (non-hydrogen) atoms. The Morgan fingerprint density at radius 1 is 1.21 bits per heavy atom. The van der Waals surface area contributed by atoms with Crippen LogP contribution in [0.25, 0.3) is 0 Å². The van der Waals surface area contributed by atoms with Crippen molar-refractivity contribution in [2.75, 3.05) is 32.8 Å². The van der Waals surface area contributed by atoms with Crippen molar-refractivity contribution in [3.8, 4) is 0 Å². The van der Waals surface area contributed by atoms with Crippen LogP contribution in [0.15, 0.2) is 11.4 Å². The molecule has 1 saturated carbocycles. The zero-order valence-electron chi connectivity index (χ0n) is 8.60. The monoisotopic (exact) mass is 199 g/mol. The number of ether oxygens (including phenoxy) is 1. The van der Waals surface area contributed by atoms with Crippen molar-refractivity contribution in [2.45, 2.75) is 25.7 Å². The Morgan fingerprint density at radius 3 is 2.50 bits per heavy atom. The SMILES string of the molecule is FC(CN1CCOCC1)=C1CCCC1. The van der Waals surface area contributed by atoms with E-state index in [0.29, 0.717) is 6.54 Å². The smallest absolute Gasteiger partial charge is 0.113 e. The van der Waals surface area contributed by atoms with Crippen LogP contribution in [0, 0.1) is 0 Å². The Bertz CT molecular complexity index is 213. The van der Waals surface area contributed by atoms with Gasteiger partial charge < -0.3 is 4.74 Å². The van der Waals surface area contributed by atoms with Gasteiger partial charge in [-0.3, -0.25) is 4.90 Å². The van der Waals surface area contributed by atoms with Crippen LogP contribution in [-0.4, -0.2) is 37.7 Å². The van der Waals surface area contributed by atoms with Crippen molar-refractivity contribution in [3.05, 3.63) is 11.4 Å². The molecular weight excluding hydrogens is 181 g/mol. The van der Waals surface area contributed by atoms with Crippen molar-refractivity contribution in [1.29, 1.82) is 0 Å². The molecule has 1 saturated heterocycles. The minimum absolute atomic E-state index is 0.129. The lowest BCUT2D eigenvalue weighted by molar-refractivity contribution is 0.0399. The Labute approximate surface area is 84.7 Å². The summed E-state index contributed by atoms with van der Waals surface area (Å²) in [5, 5.41) is 0. The van der Waals surface area contributed by atoms with Gasteiger partial charge in [0.1, 0.15) is 5.83 Å². The fourth-order valence-electron chi connectivity index (χ4n) is 2.14. The molecule has 0 amide bonds. The second-order valence-corrected chi connectivity index (χ2v) is 4.10. The summed E-state index contributed by atoms with van der Waals surface area (Å²) in [6.07, 6.45) is 4.31. The van der Waals surface area contributed by atoms with Crippen LogP contribution in [0.1, 0.15) is 25.7 Å². The van der Waals surface area contributed by atoms with Gasteiger partial charge in [0.05, 0.1) is 19.8 Å². The molecule has 1 aliphatic carbocycles. The molecule has 1 heterocycles. The van der Waals surface area contributed by atoms with Crippen LogP contribution < -0.4 is 0 Å². The standard InChI is InChI=1S/C11H18FNO/c12-11(10-3-1-2-4-10)9-13-5-7-14-8-6-13/h1-9H2. The molecule has 0 atom stereocenters. The van der Waals surface area contributed by atoms with Gasteiger partial charge in [0.15, 0.2) is 0 Å². The van der Waals surface area contributed by atoms with Gasteiger partial charge in [-0.1, -0.05) is 0 Å². The molecule has 0 bridgehead atoms. The van der Waals surface area contributed by atoms with Gasteiger partial charge in [0.25, 0.3) is 0 Å². The van der Waals surface area contributed by atoms with Crippen molar-refractivity contribution in [1.82, 2.24) is 4.90 Å². The molecule has 0 spiro atoms. The summed E-state index contributed by atoms with van der Waals surface area (Å²) in [7, 11) is 0. The lowest BCUT2D eigenvalue weighted by Gasteiger charge is -2.26. The van der Waals surface area contributed by atoms with E-state index in [-0.39, 0.29) is 5.83 Å². The van der Waals surface area contributed by atoms with E-state index in [4.69, 9.17) is 4.74 Å². The average Bonchev–Trinajstić information content (AvgIpc) is 2.72. The van der Waals surface area contributed by atoms with E-state index in [9.17, 15) is 4.39 Å². The zero-order valence-corrected chi connectivity index (χ0v) is 8.60. The second kappa shape index (κ2) is 4.89. The summed E-state index contributed by atoms with van der Waals surface area (Å²) >= 11 is 0. The molecule has 2 aliphatic rings. The third-order valence-electron chi connectivity index (χ3n) is 3.06. The average molecular weight is 199 g/mol. The van der Waals surface area contributed by atoms with E-state index in [1.807, 2.05) is 0 Å². The first-order valence-corrected chi connectivity index (χ1v) is 5.53. The number of allylic oxidation sites excluding steroid dienone is 1. The van der Waals surface area contributed by atoms with Crippen LogP contribution in [0.4, 0.5) is 4.39 Å². The van der Waals surface area contributed by atoms with Gasteiger partial charge in [0, 0.05) is 13.1 Å². The van der Waals surface area contributed by atoms with Crippen molar-refractivity contribution >= 4 is 0 Å². The lowest BCUT2D eigenvalue weighted by atomic mass is 10.2. The molecule has 0 unspecified atom stereocenters. The Hall–Kier alpha value is -0.410. The minimum Gasteiger partial charge on any atom is -0.379 e. The maximum atomic E-state index is 13.7. The first-order chi connectivity index (χ1) is 6.86. The van der Waals surface area contributed by atoms with Crippen molar-refractivity contribution in [3.63, 3.8) is 0 Å². The summed E-state index contributed by atoms with van der Waals surface area (Å²) in [4.78, 5) is 2.14. The molecule has 0 aromatic heterocycles. The number of morpholine rings is 1. The summed E-state index contributed by atoms with van der Waals surface area (Å²) < 4.78 is 18.9. The quantitative estimate of drug-likeness (QED) is 0.675. The molecule has 2 nitrogen and oxygen atoms in total. The fraction of sp³-hybridized carbons (Fsp3) is 0.818. The molecule has 0 N–H and O–H groups in total. The van der Waals surface area contributed by atoms with E-state index in [1.165, 1.54) is 12.8 Å². The molecular formula is C11H18FNO. The molecule has 2 rings (SSSR count). The maximum Gasteiger partial charge on any atom is 0.113 e. The Morgan fingerprint density at radius 2 is 1.86 bits per heavy atom. The Balaban J connectivity index is 1.85. The first kappa shape index (κ1) is 10.1.